The molecule has 1 aromatic carbocycles. The van der Waals surface area contributed by atoms with E-state index in [0.717, 1.165) is 18.7 Å². The molecule has 18 heavy (non-hydrogen) atoms. The second-order valence-corrected chi connectivity index (χ2v) is 5.83. The monoisotopic (exact) mass is 249 g/mol. The van der Waals surface area contributed by atoms with Gasteiger partial charge in [0.05, 0.1) is 7.11 Å². The lowest BCUT2D eigenvalue weighted by Crippen LogP contribution is -2.20. The van der Waals surface area contributed by atoms with E-state index in [1.807, 2.05) is 7.05 Å². The van der Waals surface area contributed by atoms with Crippen molar-refractivity contribution in [2.75, 3.05) is 20.7 Å². The first-order chi connectivity index (χ1) is 8.48. The van der Waals surface area contributed by atoms with Crippen LogP contribution in [0.15, 0.2) is 18.2 Å². The van der Waals surface area contributed by atoms with Gasteiger partial charge >= 0.3 is 0 Å². The maximum absolute atomic E-state index is 5.43. The molecule has 0 bridgehead atoms. The third kappa shape index (κ3) is 4.69. The predicted molar refractivity (Wildman–Crippen MR) is 78.4 cm³/mol. The standard InChI is InChI=1S/C16H27NO/c1-13-6-7-15(18-5)14(12-13)8-9-16(2,3)10-11-17-4/h6-7,12,17H,8-11H2,1-5H3. The van der Waals surface area contributed by atoms with Crippen molar-refractivity contribution in [3.63, 3.8) is 0 Å². The van der Waals surface area contributed by atoms with Gasteiger partial charge in [0.1, 0.15) is 5.75 Å². The minimum Gasteiger partial charge on any atom is -0.496 e. The number of aryl methyl sites for hydroxylation is 2. The molecule has 1 aromatic rings. The third-order valence-corrected chi connectivity index (χ3v) is 3.56. The zero-order valence-corrected chi connectivity index (χ0v) is 12.5. The van der Waals surface area contributed by atoms with Gasteiger partial charge in [0, 0.05) is 0 Å². The minimum absolute atomic E-state index is 0.373. The summed E-state index contributed by atoms with van der Waals surface area (Å²) in [5, 5.41) is 3.23. The van der Waals surface area contributed by atoms with E-state index in [9.17, 15) is 0 Å². The molecular formula is C16H27NO. The van der Waals surface area contributed by atoms with Gasteiger partial charge in [-0.25, -0.2) is 0 Å². The van der Waals surface area contributed by atoms with Gasteiger partial charge < -0.3 is 10.1 Å². The Morgan fingerprint density at radius 2 is 1.94 bits per heavy atom. The molecular weight excluding hydrogens is 222 g/mol. The number of nitrogens with one attached hydrogen (secondary N) is 1. The number of ether oxygens (including phenoxy) is 1. The molecule has 0 heterocycles. The molecule has 2 heteroatoms. The molecule has 0 aromatic heterocycles. The highest BCUT2D eigenvalue weighted by atomic mass is 16.5. The van der Waals surface area contributed by atoms with E-state index in [0.29, 0.717) is 5.41 Å². The lowest BCUT2D eigenvalue weighted by atomic mass is 9.83. The minimum atomic E-state index is 0.373. The van der Waals surface area contributed by atoms with E-state index in [-0.39, 0.29) is 0 Å². The van der Waals surface area contributed by atoms with E-state index >= 15 is 0 Å². The molecule has 0 aliphatic rings. The second kappa shape index (κ2) is 6.79. The molecule has 1 N–H and O–H groups in total. The molecule has 0 atom stereocenters. The predicted octanol–water partition coefficient (Wildman–Crippen LogP) is 3.57. The van der Waals surface area contributed by atoms with Crippen LogP contribution < -0.4 is 10.1 Å². The smallest absolute Gasteiger partial charge is 0.122 e. The lowest BCUT2D eigenvalue weighted by Gasteiger charge is -2.25. The van der Waals surface area contributed by atoms with E-state index in [2.05, 4.69) is 44.3 Å². The molecule has 0 spiro atoms. The fraction of sp³-hybridized carbons (Fsp3) is 0.625. The van der Waals surface area contributed by atoms with Crippen LogP contribution in [0.5, 0.6) is 5.75 Å². The highest BCUT2D eigenvalue weighted by molar-refractivity contribution is 5.36. The first-order valence-corrected chi connectivity index (χ1v) is 6.76. The maximum Gasteiger partial charge on any atom is 0.122 e. The van der Waals surface area contributed by atoms with E-state index < -0.39 is 0 Å². The maximum atomic E-state index is 5.43. The average Bonchev–Trinajstić information content (AvgIpc) is 2.34. The van der Waals surface area contributed by atoms with Crippen molar-refractivity contribution in [2.24, 2.45) is 5.41 Å². The van der Waals surface area contributed by atoms with Gasteiger partial charge in [-0.05, 0) is 56.8 Å². The number of benzene rings is 1. The van der Waals surface area contributed by atoms with Gasteiger partial charge in [0.25, 0.3) is 0 Å². The van der Waals surface area contributed by atoms with E-state index in [4.69, 9.17) is 4.74 Å². The van der Waals surface area contributed by atoms with Crippen molar-refractivity contribution < 1.29 is 4.74 Å². The van der Waals surface area contributed by atoms with Crippen molar-refractivity contribution in [2.45, 2.75) is 40.0 Å². The van der Waals surface area contributed by atoms with E-state index in [1.54, 1.807) is 7.11 Å². The van der Waals surface area contributed by atoms with Gasteiger partial charge in [0.15, 0.2) is 0 Å². The Balaban J connectivity index is 2.64. The lowest BCUT2D eigenvalue weighted by molar-refractivity contribution is 0.303. The van der Waals surface area contributed by atoms with Crippen LogP contribution in [0.25, 0.3) is 0 Å². The normalized spacial score (nSPS) is 11.6. The Morgan fingerprint density at radius 3 is 2.56 bits per heavy atom. The molecule has 0 radical (unpaired) electrons. The molecule has 0 aliphatic heterocycles. The summed E-state index contributed by atoms with van der Waals surface area (Å²) >= 11 is 0. The Morgan fingerprint density at radius 1 is 1.22 bits per heavy atom. The summed E-state index contributed by atoms with van der Waals surface area (Å²) in [5.74, 6) is 1.02. The summed E-state index contributed by atoms with van der Waals surface area (Å²) < 4.78 is 5.43. The third-order valence-electron chi connectivity index (χ3n) is 3.56. The molecule has 0 saturated carbocycles. The SMILES string of the molecule is CNCCC(C)(C)CCc1cc(C)ccc1OC. The fourth-order valence-electron chi connectivity index (χ4n) is 2.16. The van der Waals surface area contributed by atoms with Crippen LogP contribution >= 0.6 is 0 Å². The summed E-state index contributed by atoms with van der Waals surface area (Å²) in [5.41, 5.74) is 3.01. The first-order valence-electron chi connectivity index (χ1n) is 6.76. The van der Waals surface area contributed by atoms with Crippen LogP contribution in [0.1, 0.15) is 37.8 Å². The van der Waals surface area contributed by atoms with Crippen molar-refractivity contribution in [3.8, 4) is 5.75 Å². The van der Waals surface area contributed by atoms with Crippen LogP contribution in [0, 0.1) is 12.3 Å². The van der Waals surface area contributed by atoms with Crippen LogP contribution in [-0.4, -0.2) is 20.7 Å². The topological polar surface area (TPSA) is 21.3 Å². The zero-order valence-electron chi connectivity index (χ0n) is 12.5. The summed E-state index contributed by atoms with van der Waals surface area (Å²) in [4.78, 5) is 0. The zero-order chi connectivity index (χ0) is 13.6. The Kier molecular flexibility index (Phi) is 5.67. The molecule has 2 nitrogen and oxygen atoms in total. The summed E-state index contributed by atoms with van der Waals surface area (Å²) in [6.07, 6.45) is 3.48. The summed E-state index contributed by atoms with van der Waals surface area (Å²) in [6, 6.07) is 6.42. The number of hydrogen-bond donors (Lipinski definition) is 1. The molecule has 0 saturated heterocycles. The molecule has 0 aliphatic carbocycles. The number of hydrogen-bond acceptors (Lipinski definition) is 2. The summed E-state index contributed by atoms with van der Waals surface area (Å²) in [6.45, 7) is 7.90. The average molecular weight is 249 g/mol. The van der Waals surface area contributed by atoms with Crippen LogP contribution in [0.4, 0.5) is 0 Å². The Labute approximate surface area is 112 Å². The van der Waals surface area contributed by atoms with Crippen LogP contribution in [0.3, 0.4) is 0 Å². The number of methoxy groups -OCH3 is 1. The van der Waals surface area contributed by atoms with Crippen molar-refractivity contribution in [1.82, 2.24) is 5.32 Å². The fourth-order valence-corrected chi connectivity index (χ4v) is 2.16. The quantitative estimate of drug-likeness (QED) is 0.797. The van der Waals surface area contributed by atoms with Gasteiger partial charge in [-0.1, -0.05) is 31.5 Å². The first kappa shape index (κ1) is 15.0. The molecule has 102 valence electrons. The highest BCUT2D eigenvalue weighted by Crippen LogP contribution is 2.29. The van der Waals surface area contributed by atoms with Crippen molar-refractivity contribution in [3.05, 3.63) is 29.3 Å². The molecule has 0 unspecified atom stereocenters. The van der Waals surface area contributed by atoms with Crippen LogP contribution in [0.2, 0.25) is 0 Å². The van der Waals surface area contributed by atoms with Crippen molar-refractivity contribution >= 4 is 0 Å². The van der Waals surface area contributed by atoms with Gasteiger partial charge in [0.2, 0.25) is 0 Å². The molecule has 0 fully saturated rings. The highest BCUT2D eigenvalue weighted by Gasteiger charge is 2.17. The van der Waals surface area contributed by atoms with Gasteiger partial charge in [-0.15, -0.1) is 0 Å². The Bertz CT molecular complexity index is 371. The number of rotatable bonds is 7. The van der Waals surface area contributed by atoms with Crippen LogP contribution in [-0.2, 0) is 6.42 Å². The Hall–Kier alpha value is -1.02. The molecule has 1 rings (SSSR count). The van der Waals surface area contributed by atoms with Gasteiger partial charge in [-0.3, -0.25) is 0 Å². The van der Waals surface area contributed by atoms with Crippen molar-refractivity contribution in [1.29, 1.82) is 0 Å². The largest absolute Gasteiger partial charge is 0.496 e. The molecule has 0 amide bonds. The second-order valence-electron chi connectivity index (χ2n) is 5.83. The van der Waals surface area contributed by atoms with E-state index in [1.165, 1.54) is 24.0 Å². The summed E-state index contributed by atoms with van der Waals surface area (Å²) in [7, 11) is 3.76. The van der Waals surface area contributed by atoms with Gasteiger partial charge in [-0.2, -0.15) is 0 Å².